The van der Waals surface area contributed by atoms with E-state index in [2.05, 4.69) is 5.32 Å². The topological polar surface area (TPSA) is 38.3 Å². The van der Waals surface area contributed by atoms with Gasteiger partial charge in [-0.3, -0.25) is 4.79 Å². The van der Waals surface area contributed by atoms with E-state index < -0.39 is 0 Å². The summed E-state index contributed by atoms with van der Waals surface area (Å²) < 4.78 is 5.09. The average molecular weight is 316 g/mol. The first kappa shape index (κ1) is 16.1. The van der Waals surface area contributed by atoms with E-state index in [4.69, 9.17) is 16.3 Å². The van der Waals surface area contributed by atoms with E-state index in [0.717, 1.165) is 16.9 Å². The van der Waals surface area contributed by atoms with Crippen molar-refractivity contribution in [2.24, 2.45) is 0 Å². The van der Waals surface area contributed by atoms with E-state index in [9.17, 15) is 4.79 Å². The molecule has 0 unspecified atom stereocenters. The lowest BCUT2D eigenvalue weighted by Gasteiger charge is -2.12. The Bertz CT molecular complexity index is 648. The minimum Gasteiger partial charge on any atom is -0.497 e. The summed E-state index contributed by atoms with van der Waals surface area (Å²) in [5, 5.41) is 3.60. The summed E-state index contributed by atoms with van der Waals surface area (Å²) in [7, 11) is 1.62. The molecule has 0 bridgehead atoms. The fraction of sp³-hybridized carbons (Fsp3) is 0.167. The summed E-state index contributed by atoms with van der Waals surface area (Å²) in [6.45, 7) is 1.93. The van der Waals surface area contributed by atoms with Crippen molar-refractivity contribution in [3.63, 3.8) is 0 Å². The first-order valence-corrected chi connectivity index (χ1v) is 7.34. The van der Waals surface area contributed by atoms with Crippen molar-refractivity contribution in [1.29, 1.82) is 0 Å². The normalized spacial score (nSPS) is 12.1. The summed E-state index contributed by atoms with van der Waals surface area (Å²) in [5.74, 6) is 0.649. The SMILES string of the molecule is COc1ccc(/C=C\C(=O)N[C@H](C)c2ccc(Cl)cc2)cc1. The maximum absolute atomic E-state index is 11.9. The van der Waals surface area contributed by atoms with Crippen LogP contribution in [0.25, 0.3) is 6.08 Å². The molecule has 2 aromatic rings. The number of benzene rings is 2. The highest BCUT2D eigenvalue weighted by Gasteiger charge is 2.07. The molecule has 0 aromatic heterocycles. The Morgan fingerprint density at radius 1 is 1.14 bits per heavy atom. The molecular weight excluding hydrogens is 298 g/mol. The highest BCUT2D eigenvalue weighted by Crippen LogP contribution is 2.16. The maximum atomic E-state index is 11.9. The van der Waals surface area contributed by atoms with Gasteiger partial charge in [0, 0.05) is 11.1 Å². The van der Waals surface area contributed by atoms with Gasteiger partial charge in [-0.1, -0.05) is 35.9 Å². The van der Waals surface area contributed by atoms with Crippen molar-refractivity contribution in [2.75, 3.05) is 7.11 Å². The zero-order valence-corrected chi connectivity index (χ0v) is 13.3. The molecule has 0 spiro atoms. The standard InChI is InChI=1S/C18H18ClNO2/c1-13(15-6-8-16(19)9-7-15)20-18(21)12-5-14-3-10-17(22-2)11-4-14/h3-13H,1-2H3,(H,20,21)/b12-5-/t13-/m1/s1. The quantitative estimate of drug-likeness (QED) is 0.838. The van der Waals surface area contributed by atoms with Crippen LogP contribution < -0.4 is 10.1 Å². The number of carbonyl (C=O) groups is 1. The number of rotatable bonds is 5. The highest BCUT2D eigenvalue weighted by atomic mass is 35.5. The third-order valence-corrected chi connectivity index (χ3v) is 3.52. The number of methoxy groups -OCH3 is 1. The van der Waals surface area contributed by atoms with Crippen LogP contribution in [0.15, 0.2) is 54.6 Å². The van der Waals surface area contributed by atoms with Crippen LogP contribution in [0.5, 0.6) is 5.75 Å². The predicted octanol–water partition coefficient (Wildman–Crippen LogP) is 4.24. The van der Waals surface area contributed by atoms with Gasteiger partial charge in [0.2, 0.25) is 5.91 Å². The minimum atomic E-state index is -0.140. The monoisotopic (exact) mass is 315 g/mol. The molecule has 0 aliphatic rings. The number of amides is 1. The molecular formula is C18H18ClNO2. The van der Waals surface area contributed by atoms with Gasteiger partial charge in [-0.05, 0) is 48.4 Å². The molecule has 0 heterocycles. The van der Waals surface area contributed by atoms with Crippen molar-refractivity contribution in [1.82, 2.24) is 5.32 Å². The summed E-state index contributed by atoms with van der Waals surface area (Å²) in [6.07, 6.45) is 3.29. The van der Waals surface area contributed by atoms with Crippen LogP contribution in [0.2, 0.25) is 5.02 Å². The molecule has 2 aromatic carbocycles. The second-order valence-electron chi connectivity index (χ2n) is 4.89. The van der Waals surface area contributed by atoms with Gasteiger partial charge in [-0.15, -0.1) is 0 Å². The van der Waals surface area contributed by atoms with Crippen LogP contribution in [-0.4, -0.2) is 13.0 Å². The maximum Gasteiger partial charge on any atom is 0.244 e. The molecule has 0 radical (unpaired) electrons. The Morgan fingerprint density at radius 2 is 1.77 bits per heavy atom. The van der Waals surface area contributed by atoms with Gasteiger partial charge in [0.1, 0.15) is 5.75 Å². The van der Waals surface area contributed by atoms with Gasteiger partial charge in [0.15, 0.2) is 0 Å². The summed E-state index contributed by atoms with van der Waals surface area (Å²) in [6, 6.07) is 14.9. The molecule has 1 atom stereocenters. The van der Waals surface area contributed by atoms with Crippen LogP contribution in [0, 0.1) is 0 Å². The van der Waals surface area contributed by atoms with E-state index in [-0.39, 0.29) is 11.9 Å². The Morgan fingerprint density at radius 3 is 2.36 bits per heavy atom. The van der Waals surface area contributed by atoms with Gasteiger partial charge in [-0.2, -0.15) is 0 Å². The smallest absolute Gasteiger partial charge is 0.244 e. The molecule has 0 aliphatic carbocycles. The van der Waals surface area contributed by atoms with Crippen LogP contribution in [0.3, 0.4) is 0 Å². The molecule has 0 aliphatic heterocycles. The molecule has 1 N–H and O–H groups in total. The zero-order valence-electron chi connectivity index (χ0n) is 12.5. The minimum absolute atomic E-state index is 0.0784. The fourth-order valence-electron chi connectivity index (χ4n) is 1.98. The second kappa shape index (κ2) is 7.66. The fourth-order valence-corrected chi connectivity index (χ4v) is 2.11. The number of carbonyl (C=O) groups excluding carboxylic acids is 1. The Kier molecular flexibility index (Phi) is 5.61. The molecule has 0 saturated carbocycles. The third kappa shape index (κ3) is 4.64. The van der Waals surface area contributed by atoms with Crippen LogP contribution in [0.4, 0.5) is 0 Å². The molecule has 114 valence electrons. The lowest BCUT2D eigenvalue weighted by Crippen LogP contribution is -2.24. The Hall–Kier alpha value is -2.26. The van der Waals surface area contributed by atoms with Crippen molar-refractivity contribution in [2.45, 2.75) is 13.0 Å². The highest BCUT2D eigenvalue weighted by molar-refractivity contribution is 6.30. The van der Waals surface area contributed by atoms with E-state index in [1.54, 1.807) is 13.2 Å². The largest absolute Gasteiger partial charge is 0.497 e. The molecule has 3 nitrogen and oxygen atoms in total. The third-order valence-electron chi connectivity index (χ3n) is 3.27. The number of hydrogen-bond donors (Lipinski definition) is 1. The molecule has 22 heavy (non-hydrogen) atoms. The predicted molar refractivity (Wildman–Crippen MR) is 90.0 cm³/mol. The van der Waals surface area contributed by atoms with Gasteiger partial charge in [0.05, 0.1) is 13.2 Å². The first-order valence-electron chi connectivity index (χ1n) is 6.96. The number of ether oxygens (including phenoxy) is 1. The van der Waals surface area contributed by atoms with Gasteiger partial charge in [0.25, 0.3) is 0 Å². The summed E-state index contributed by atoms with van der Waals surface area (Å²) in [4.78, 5) is 11.9. The zero-order chi connectivity index (χ0) is 15.9. The van der Waals surface area contributed by atoms with E-state index in [1.807, 2.05) is 55.5 Å². The molecule has 4 heteroatoms. The Labute approximate surface area is 135 Å². The average Bonchev–Trinajstić information content (AvgIpc) is 2.54. The number of hydrogen-bond acceptors (Lipinski definition) is 2. The molecule has 0 saturated heterocycles. The van der Waals surface area contributed by atoms with Crippen LogP contribution in [-0.2, 0) is 4.79 Å². The molecule has 0 fully saturated rings. The summed E-state index contributed by atoms with van der Waals surface area (Å²) in [5.41, 5.74) is 1.95. The van der Waals surface area contributed by atoms with E-state index in [1.165, 1.54) is 6.08 Å². The van der Waals surface area contributed by atoms with Crippen molar-refractivity contribution >= 4 is 23.6 Å². The van der Waals surface area contributed by atoms with Gasteiger partial charge >= 0.3 is 0 Å². The lowest BCUT2D eigenvalue weighted by atomic mass is 10.1. The number of nitrogens with one attached hydrogen (secondary N) is 1. The first-order chi connectivity index (χ1) is 10.6. The van der Waals surface area contributed by atoms with E-state index >= 15 is 0 Å². The van der Waals surface area contributed by atoms with E-state index in [0.29, 0.717) is 5.02 Å². The van der Waals surface area contributed by atoms with Crippen molar-refractivity contribution in [3.8, 4) is 5.75 Å². The molecule has 1 amide bonds. The van der Waals surface area contributed by atoms with Gasteiger partial charge in [-0.25, -0.2) is 0 Å². The van der Waals surface area contributed by atoms with Crippen LogP contribution in [0.1, 0.15) is 24.1 Å². The summed E-state index contributed by atoms with van der Waals surface area (Å²) >= 11 is 5.85. The number of halogens is 1. The molecule has 2 rings (SSSR count). The van der Waals surface area contributed by atoms with Crippen molar-refractivity contribution < 1.29 is 9.53 Å². The lowest BCUT2D eigenvalue weighted by molar-refractivity contribution is -0.117. The van der Waals surface area contributed by atoms with Gasteiger partial charge < -0.3 is 10.1 Å². The van der Waals surface area contributed by atoms with Crippen molar-refractivity contribution in [3.05, 3.63) is 70.8 Å². The van der Waals surface area contributed by atoms with Crippen LogP contribution >= 0.6 is 11.6 Å². The second-order valence-corrected chi connectivity index (χ2v) is 5.32. The Balaban J connectivity index is 1.93.